The zero-order valence-corrected chi connectivity index (χ0v) is 31.8. The number of benzene rings is 6. The van der Waals surface area contributed by atoms with Crippen molar-refractivity contribution in [2.75, 3.05) is 24.6 Å². The molecule has 0 saturated carbocycles. The van der Waals surface area contributed by atoms with E-state index in [0.29, 0.717) is 0 Å². The van der Waals surface area contributed by atoms with E-state index in [4.69, 9.17) is 0 Å². The highest BCUT2D eigenvalue weighted by molar-refractivity contribution is 7.69. The van der Waals surface area contributed by atoms with Gasteiger partial charge in [0.25, 0.3) is 0 Å². The molecule has 4 heterocycles. The molecule has 6 aromatic rings. The van der Waals surface area contributed by atoms with Crippen LogP contribution in [0.5, 0.6) is 0 Å². The topological polar surface area (TPSA) is 0 Å². The monoisotopic (exact) mass is 700 g/mol. The van der Waals surface area contributed by atoms with Gasteiger partial charge in [0.15, 0.2) is 0 Å². The van der Waals surface area contributed by atoms with E-state index in [1.807, 2.05) is 0 Å². The number of hydrogen-bond acceptors (Lipinski definition) is 0. The van der Waals surface area contributed by atoms with Crippen LogP contribution in [0, 0.1) is 0 Å². The lowest BCUT2D eigenvalue weighted by atomic mass is 10.2. The van der Waals surface area contributed by atoms with Crippen molar-refractivity contribution in [3.8, 4) is 0 Å². The van der Waals surface area contributed by atoms with Crippen molar-refractivity contribution in [2.45, 2.75) is 24.6 Å². The minimum absolute atomic E-state index is 0.749. The Kier molecular flexibility index (Phi) is 12.0. The molecule has 0 fully saturated rings. The van der Waals surface area contributed by atoms with Gasteiger partial charge in [-0.1, -0.05) is 121 Å². The molecule has 0 radical (unpaired) electrons. The summed E-state index contributed by atoms with van der Waals surface area (Å²) >= 11 is 0. The van der Waals surface area contributed by atoms with E-state index in [0.717, 1.165) is 0 Å². The molecule has 0 amide bonds. The molecule has 4 heteroatoms. The first-order valence-corrected chi connectivity index (χ1v) is 25.2. The average Bonchev–Trinajstić information content (AvgIpc) is 3.16. The summed E-state index contributed by atoms with van der Waals surface area (Å²) < 4.78 is 0. The third kappa shape index (κ3) is 9.18. The first-order valence-electron chi connectivity index (χ1n) is 17.5. The van der Waals surface area contributed by atoms with Gasteiger partial charge in [-0.3, -0.25) is 0 Å². The molecule has 0 aliphatic carbocycles. The van der Waals surface area contributed by atoms with Crippen molar-refractivity contribution in [2.24, 2.45) is 0 Å². The quantitative estimate of drug-likeness (QED) is 0.161. The van der Waals surface area contributed by atoms with E-state index in [1.54, 1.807) is 21.2 Å². The van der Waals surface area contributed by atoms with Crippen LogP contribution in [0.25, 0.3) is 0 Å². The summed E-state index contributed by atoms with van der Waals surface area (Å²) in [6.45, 7) is 0. The van der Waals surface area contributed by atoms with Crippen LogP contribution >= 0.6 is 31.7 Å². The average molecular weight is 701 g/mol. The van der Waals surface area contributed by atoms with Crippen LogP contribution in [0.15, 0.2) is 170 Å². The van der Waals surface area contributed by atoms with Crippen molar-refractivity contribution in [3.05, 3.63) is 192 Å². The highest BCUT2D eigenvalue weighted by Crippen LogP contribution is 2.48. The molecule has 4 unspecified atom stereocenters. The highest BCUT2D eigenvalue weighted by Gasteiger charge is 2.29. The second-order valence-electron chi connectivity index (χ2n) is 13.2. The predicted octanol–water partition coefficient (Wildman–Crippen LogP) is 9.56. The Morgan fingerprint density at radius 2 is 0.417 bits per heavy atom. The zero-order chi connectivity index (χ0) is 32.4. The summed E-state index contributed by atoms with van der Waals surface area (Å²) in [5.41, 5.74) is 6.05. The fraction of sp³-hybridized carbons (Fsp3) is 0.182. The Morgan fingerprint density at radius 1 is 0.229 bits per heavy atom. The molecule has 4 bridgehead atoms. The summed E-state index contributed by atoms with van der Waals surface area (Å²) in [6.07, 6.45) is 10.1. The van der Waals surface area contributed by atoms with Crippen molar-refractivity contribution in [1.82, 2.24) is 0 Å². The lowest BCUT2D eigenvalue weighted by molar-refractivity contribution is 1.29. The minimum atomic E-state index is -0.749. The van der Waals surface area contributed by atoms with E-state index >= 15 is 0 Å². The lowest BCUT2D eigenvalue weighted by Gasteiger charge is -2.16. The van der Waals surface area contributed by atoms with Gasteiger partial charge in [-0.15, -0.1) is 0 Å². The van der Waals surface area contributed by atoms with Gasteiger partial charge in [0.2, 0.25) is 0 Å². The SMILES string of the molecule is c1ccc([PH+]2CC[PH+](c3ccccc3)Cc3ccc(cc3)C[PH+](c3ccccc3)CC[PH+](c3ccccc3)Cc3ccc(cc3)C2)cc1. The molecule has 240 valence electrons. The van der Waals surface area contributed by atoms with Crippen LogP contribution in [-0.4, -0.2) is 24.6 Å². The smallest absolute Gasteiger partial charge is 0.0620 e. The van der Waals surface area contributed by atoms with Gasteiger partial charge in [-0.05, 0) is 70.8 Å². The molecular formula is C44H48P4+4. The third-order valence-corrected chi connectivity index (χ3v) is 22.3. The Balaban J connectivity index is 1.23. The maximum Gasteiger partial charge on any atom is 0.0960 e. The first-order chi connectivity index (χ1) is 23.8. The van der Waals surface area contributed by atoms with Crippen LogP contribution in [-0.2, 0) is 24.6 Å². The van der Waals surface area contributed by atoms with Gasteiger partial charge in [0.05, 0.1) is 70.5 Å². The molecule has 4 aliphatic rings. The third-order valence-electron chi connectivity index (χ3n) is 9.90. The normalized spacial score (nSPS) is 20.7. The number of rotatable bonds is 4. The van der Waals surface area contributed by atoms with Crippen LogP contribution < -0.4 is 21.2 Å². The Labute approximate surface area is 293 Å². The molecule has 6 aromatic carbocycles. The molecule has 0 saturated heterocycles. The molecule has 0 N–H and O–H groups in total. The Morgan fingerprint density at radius 3 is 0.604 bits per heavy atom. The predicted molar refractivity (Wildman–Crippen MR) is 225 cm³/mol. The molecule has 4 aliphatic heterocycles. The second kappa shape index (κ2) is 17.1. The summed E-state index contributed by atoms with van der Waals surface area (Å²) in [5, 5.41) is 6.33. The van der Waals surface area contributed by atoms with Gasteiger partial charge in [0.1, 0.15) is 0 Å². The lowest BCUT2D eigenvalue weighted by Crippen LogP contribution is -2.12. The van der Waals surface area contributed by atoms with Gasteiger partial charge in [-0.2, -0.15) is 0 Å². The van der Waals surface area contributed by atoms with E-state index in [-0.39, 0.29) is 0 Å². The van der Waals surface area contributed by atoms with Crippen molar-refractivity contribution in [3.63, 3.8) is 0 Å². The van der Waals surface area contributed by atoms with Crippen LogP contribution in [0.1, 0.15) is 22.3 Å². The van der Waals surface area contributed by atoms with Crippen LogP contribution in [0.2, 0.25) is 0 Å². The van der Waals surface area contributed by atoms with Gasteiger partial charge in [0, 0.05) is 31.7 Å². The fourth-order valence-electron chi connectivity index (χ4n) is 7.17. The molecule has 48 heavy (non-hydrogen) atoms. The Bertz CT molecular complexity index is 1530. The van der Waals surface area contributed by atoms with Crippen molar-refractivity contribution in [1.29, 1.82) is 0 Å². The summed E-state index contributed by atoms with van der Waals surface area (Å²) in [6, 6.07) is 65.6. The Hall–Kier alpha value is -2.96. The molecule has 10 rings (SSSR count). The van der Waals surface area contributed by atoms with Crippen LogP contribution in [0.4, 0.5) is 0 Å². The molecule has 0 nitrogen and oxygen atoms in total. The number of hydrogen-bond donors (Lipinski definition) is 0. The van der Waals surface area contributed by atoms with Gasteiger partial charge in [-0.25, -0.2) is 0 Å². The molecule has 4 atom stereocenters. The van der Waals surface area contributed by atoms with Crippen molar-refractivity contribution < 1.29 is 0 Å². The van der Waals surface area contributed by atoms with E-state index in [2.05, 4.69) is 170 Å². The van der Waals surface area contributed by atoms with E-state index in [9.17, 15) is 0 Å². The highest BCUT2D eigenvalue weighted by atomic mass is 31.1. The molecule has 0 spiro atoms. The maximum atomic E-state index is 2.47. The van der Waals surface area contributed by atoms with Crippen molar-refractivity contribution >= 4 is 52.9 Å². The largest absolute Gasteiger partial charge is 0.0960 e. The standard InChI is InChI=1S/C44H44P4/c1-5-13-41(14-6-1)45-29-30-46(42-15-7-2-8-16-42)34-39-25-27-40(28-26-39)36-48(44-19-11-4-12-20-44)32-31-47(43-17-9-3-10-18-43)35-38-23-21-37(33-45)22-24-38/h1-28H,29-36H2/p+4. The molecular weight excluding hydrogens is 652 g/mol. The zero-order valence-electron chi connectivity index (χ0n) is 27.8. The maximum absolute atomic E-state index is 2.47. The first kappa shape index (κ1) is 33.5. The van der Waals surface area contributed by atoms with Gasteiger partial charge >= 0.3 is 0 Å². The second-order valence-corrected chi connectivity index (χ2v) is 23.8. The van der Waals surface area contributed by atoms with E-state index < -0.39 is 31.7 Å². The summed E-state index contributed by atoms with van der Waals surface area (Å²) in [7, 11) is -3.00. The van der Waals surface area contributed by atoms with Crippen LogP contribution in [0.3, 0.4) is 0 Å². The van der Waals surface area contributed by atoms with Gasteiger partial charge < -0.3 is 0 Å². The summed E-state index contributed by atoms with van der Waals surface area (Å²) in [4.78, 5) is 0. The summed E-state index contributed by atoms with van der Waals surface area (Å²) in [5.74, 6) is 0. The fourth-order valence-corrected chi connectivity index (χ4v) is 20.2. The molecule has 0 aromatic heterocycles. The van der Waals surface area contributed by atoms with E-state index in [1.165, 1.54) is 71.5 Å². The minimum Gasteiger partial charge on any atom is -0.0620 e.